The van der Waals surface area contributed by atoms with Crippen molar-refractivity contribution >= 4 is 39.5 Å². The first kappa shape index (κ1) is 92.1. The van der Waals surface area contributed by atoms with E-state index in [9.17, 15) is 43.2 Å². The summed E-state index contributed by atoms with van der Waals surface area (Å²) in [6.07, 6.45) is 48.6. The number of unbranched alkanes of at least 4 members (excludes halogenated alkanes) is 37. The van der Waals surface area contributed by atoms with Crippen molar-refractivity contribution in [2.45, 2.75) is 395 Å². The van der Waals surface area contributed by atoms with Crippen molar-refractivity contribution < 1.29 is 80.2 Å². The van der Waals surface area contributed by atoms with E-state index in [1.165, 1.54) is 173 Å². The van der Waals surface area contributed by atoms with Gasteiger partial charge >= 0.3 is 39.5 Å². The van der Waals surface area contributed by atoms with E-state index in [0.717, 1.165) is 114 Å². The second kappa shape index (κ2) is 64.4. The molecule has 0 rings (SSSR count). The van der Waals surface area contributed by atoms with E-state index in [1.54, 1.807) is 0 Å². The molecule has 0 aliphatic carbocycles. The van der Waals surface area contributed by atoms with Crippen molar-refractivity contribution in [1.82, 2.24) is 0 Å². The van der Waals surface area contributed by atoms with Gasteiger partial charge in [-0.1, -0.05) is 325 Å². The molecule has 0 saturated carbocycles. The predicted octanol–water partition coefficient (Wildman–Crippen LogP) is 21.7. The van der Waals surface area contributed by atoms with Gasteiger partial charge in [0.2, 0.25) is 0 Å². The van der Waals surface area contributed by atoms with Gasteiger partial charge in [0.05, 0.1) is 26.4 Å². The van der Waals surface area contributed by atoms with E-state index in [2.05, 4.69) is 55.4 Å². The van der Waals surface area contributed by atoms with Gasteiger partial charge in [0.25, 0.3) is 0 Å². The minimum atomic E-state index is -4.96. The van der Waals surface area contributed by atoms with E-state index in [-0.39, 0.29) is 25.7 Å². The zero-order chi connectivity index (χ0) is 69.6. The third-order valence-corrected chi connectivity index (χ3v) is 19.6. The van der Waals surface area contributed by atoms with Crippen molar-refractivity contribution in [2.24, 2.45) is 23.7 Å². The SMILES string of the molecule is CCC(C)CCCCCCCCCCC(=O)O[C@H](COC(=O)CCCCCCCCCCCCCCC(C)C)COP(=O)(O)OCC(O)COP(=O)(O)OC[C@@H](COC(=O)CCCCCCCCCC(C)C)OC(=O)CCCCCCCCCCCCCCCCC(C)C. The number of esters is 4. The zero-order valence-corrected chi connectivity index (χ0v) is 63.4. The van der Waals surface area contributed by atoms with Crippen LogP contribution in [0.3, 0.4) is 0 Å². The summed E-state index contributed by atoms with van der Waals surface area (Å²) in [5.41, 5.74) is 0. The molecule has 0 fully saturated rings. The van der Waals surface area contributed by atoms with Crippen LogP contribution in [0.25, 0.3) is 0 Å². The van der Waals surface area contributed by atoms with Crippen molar-refractivity contribution in [3.05, 3.63) is 0 Å². The molecule has 94 heavy (non-hydrogen) atoms. The van der Waals surface area contributed by atoms with Crippen molar-refractivity contribution in [3.8, 4) is 0 Å². The maximum Gasteiger partial charge on any atom is 0.472 e. The molecule has 17 nitrogen and oxygen atoms in total. The Bertz CT molecular complexity index is 1850. The number of aliphatic hydroxyl groups is 1. The van der Waals surface area contributed by atoms with Crippen LogP contribution in [0.2, 0.25) is 0 Å². The standard InChI is InChI=1S/C75H146O17P2/c1-9-68(8)54-46-38-30-24-25-33-42-50-58-75(80)92-70(61-85-72(77)55-47-39-31-22-18-15-14-17-21-28-36-44-52-66(4)5)63-89-93(81,82)87-59-69(76)60-88-94(83,84)90-64-71(62-86-73(78)56-48-40-34-26-29-37-45-53-67(6)7)91-74(79)57-49-41-32-23-19-13-11-10-12-16-20-27-35-43-51-65(2)3/h65-71,76H,9-64H2,1-8H3,(H,81,82)(H,83,84)/t68?,69?,70-,71-/m1/s1. The molecule has 0 aliphatic rings. The Morgan fingerprint density at radius 3 is 0.755 bits per heavy atom. The van der Waals surface area contributed by atoms with Crippen LogP contribution in [-0.4, -0.2) is 96.7 Å². The maximum atomic E-state index is 13.1. The molecular formula is C75H146O17P2. The molecule has 4 unspecified atom stereocenters. The number of aliphatic hydroxyl groups excluding tert-OH is 1. The molecule has 19 heteroatoms. The smallest absolute Gasteiger partial charge is 0.462 e. The number of rotatable bonds is 72. The highest BCUT2D eigenvalue weighted by atomic mass is 31.2. The molecule has 6 atom stereocenters. The molecule has 0 spiro atoms. The minimum absolute atomic E-state index is 0.105. The molecule has 0 amide bonds. The monoisotopic (exact) mass is 1380 g/mol. The highest BCUT2D eigenvalue weighted by Gasteiger charge is 2.30. The molecule has 0 bridgehead atoms. The van der Waals surface area contributed by atoms with Gasteiger partial charge in [-0.3, -0.25) is 37.3 Å². The Labute approximate surface area is 575 Å². The number of carbonyl (C=O) groups excluding carboxylic acids is 4. The largest absolute Gasteiger partial charge is 0.472 e. The van der Waals surface area contributed by atoms with Gasteiger partial charge < -0.3 is 33.8 Å². The van der Waals surface area contributed by atoms with Gasteiger partial charge in [0.15, 0.2) is 12.2 Å². The van der Waals surface area contributed by atoms with Crippen molar-refractivity contribution in [2.75, 3.05) is 39.6 Å². The summed E-state index contributed by atoms with van der Waals surface area (Å²) in [4.78, 5) is 72.8. The van der Waals surface area contributed by atoms with Crippen molar-refractivity contribution in [3.63, 3.8) is 0 Å². The highest BCUT2D eigenvalue weighted by Crippen LogP contribution is 2.45. The maximum absolute atomic E-state index is 13.1. The lowest BCUT2D eigenvalue weighted by atomic mass is 9.99. The number of phosphoric acid groups is 2. The van der Waals surface area contributed by atoms with Gasteiger partial charge in [0, 0.05) is 25.7 Å². The van der Waals surface area contributed by atoms with Crippen LogP contribution < -0.4 is 0 Å². The summed E-state index contributed by atoms with van der Waals surface area (Å²) >= 11 is 0. The van der Waals surface area contributed by atoms with E-state index in [4.69, 9.17) is 37.0 Å². The van der Waals surface area contributed by atoms with Crippen LogP contribution in [0.4, 0.5) is 0 Å². The van der Waals surface area contributed by atoms with Gasteiger partial charge in [-0.05, 0) is 49.4 Å². The summed E-state index contributed by atoms with van der Waals surface area (Å²) in [5, 5.41) is 10.6. The lowest BCUT2D eigenvalue weighted by Crippen LogP contribution is -2.30. The van der Waals surface area contributed by atoms with E-state index in [1.807, 2.05) is 0 Å². The molecule has 0 aromatic carbocycles. The number of carbonyl (C=O) groups is 4. The molecule has 0 aromatic rings. The Morgan fingerprint density at radius 1 is 0.298 bits per heavy atom. The fourth-order valence-corrected chi connectivity index (χ4v) is 12.9. The molecule has 0 saturated heterocycles. The molecule has 0 heterocycles. The van der Waals surface area contributed by atoms with Crippen LogP contribution in [0.5, 0.6) is 0 Å². The Kier molecular flexibility index (Phi) is 63.1. The third-order valence-electron chi connectivity index (χ3n) is 17.7. The number of phosphoric ester groups is 2. The molecular weight excluding hydrogens is 1230 g/mol. The van der Waals surface area contributed by atoms with E-state index >= 15 is 0 Å². The lowest BCUT2D eigenvalue weighted by molar-refractivity contribution is -0.161. The summed E-state index contributed by atoms with van der Waals surface area (Å²) in [7, 11) is -9.91. The average molecular weight is 1380 g/mol. The molecule has 558 valence electrons. The van der Waals surface area contributed by atoms with Gasteiger partial charge in [0.1, 0.15) is 19.3 Å². The van der Waals surface area contributed by atoms with Crippen LogP contribution in [0, 0.1) is 23.7 Å². The predicted molar refractivity (Wildman–Crippen MR) is 381 cm³/mol. The Morgan fingerprint density at radius 2 is 0.511 bits per heavy atom. The summed E-state index contributed by atoms with van der Waals surface area (Å²) in [6, 6.07) is 0. The van der Waals surface area contributed by atoms with E-state index < -0.39 is 97.5 Å². The molecule has 3 N–H and O–H groups in total. The number of ether oxygens (including phenoxy) is 4. The second-order valence-corrected chi connectivity index (χ2v) is 31.6. The summed E-state index contributed by atoms with van der Waals surface area (Å²) < 4.78 is 68.5. The lowest BCUT2D eigenvalue weighted by Gasteiger charge is -2.21. The first-order chi connectivity index (χ1) is 45.1. The Balaban J connectivity index is 5.24. The second-order valence-electron chi connectivity index (χ2n) is 28.7. The molecule has 0 aliphatic heterocycles. The van der Waals surface area contributed by atoms with Crippen LogP contribution >= 0.6 is 15.6 Å². The Hall–Kier alpha value is -1.94. The summed E-state index contributed by atoms with van der Waals surface area (Å²) in [5.74, 6) is 0.928. The summed E-state index contributed by atoms with van der Waals surface area (Å²) in [6.45, 7) is 14.2. The van der Waals surface area contributed by atoms with Crippen LogP contribution in [0.1, 0.15) is 376 Å². The van der Waals surface area contributed by atoms with Crippen LogP contribution in [-0.2, 0) is 65.4 Å². The number of hydrogen-bond acceptors (Lipinski definition) is 15. The highest BCUT2D eigenvalue weighted by molar-refractivity contribution is 7.47. The zero-order valence-electron chi connectivity index (χ0n) is 61.6. The van der Waals surface area contributed by atoms with Gasteiger partial charge in [-0.15, -0.1) is 0 Å². The molecule has 0 aromatic heterocycles. The minimum Gasteiger partial charge on any atom is -0.462 e. The molecule has 0 radical (unpaired) electrons. The quantitative estimate of drug-likeness (QED) is 0.0222. The first-order valence-electron chi connectivity index (χ1n) is 38.7. The fourth-order valence-electron chi connectivity index (χ4n) is 11.3. The average Bonchev–Trinajstić information content (AvgIpc) is 1.53. The van der Waals surface area contributed by atoms with Crippen LogP contribution in [0.15, 0.2) is 0 Å². The van der Waals surface area contributed by atoms with E-state index in [0.29, 0.717) is 31.6 Å². The normalized spacial score (nSPS) is 14.4. The first-order valence-corrected chi connectivity index (χ1v) is 41.7. The fraction of sp³-hybridized carbons (Fsp3) is 0.947. The van der Waals surface area contributed by atoms with Gasteiger partial charge in [-0.25, -0.2) is 9.13 Å². The number of hydrogen-bond donors (Lipinski definition) is 3. The van der Waals surface area contributed by atoms with Crippen molar-refractivity contribution in [1.29, 1.82) is 0 Å². The van der Waals surface area contributed by atoms with Gasteiger partial charge in [-0.2, -0.15) is 0 Å². The third kappa shape index (κ3) is 67.3. The topological polar surface area (TPSA) is 237 Å².